The summed E-state index contributed by atoms with van der Waals surface area (Å²) >= 11 is 1.70. The van der Waals surface area contributed by atoms with E-state index in [1.165, 1.54) is 29.1 Å². The molecule has 1 unspecified atom stereocenters. The maximum atomic E-state index is 13.4. The molecule has 1 aliphatic heterocycles. The first kappa shape index (κ1) is 22.9. The van der Waals surface area contributed by atoms with Gasteiger partial charge in [0.1, 0.15) is 11.4 Å². The minimum Gasteiger partial charge on any atom is -0.348 e. The van der Waals surface area contributed by atoms with Crippen molar-refractivity contribution in [2.24, 2.45) is 0 Å². The smallest absolute Gasteiger partial charge is 0.325 e. The number of urea groups is 1. The lowest BCUT2D eigenvalue weighted by molar-refractivity contribution is -0.131. The average molecular weight is 468 g/mol. The topological polar surface area (TPSA) is 71.4 Å². The number of aryl methyl sites for hydroxylation is 2. The Morgan fingerprint density at radius 2 is 1.88 bits per heavy atom. The molecular formula is C25H26FN3O3S. The molecule has 3 heterocycles. The molecule has 33 heavy (non-hydrogen) atoms. The highest BCUT2D eigenvalue weighted by atomic mass is 32.1. The van der Waals surface area contributed by atoms with E-state index in [4.69, 9.17) is 0 Å². The fraction of sp³-hybridized carbons (Fsp3) is 0.320. The second-order valence-corrected chi connectivity index (χ2v) is 9.31. The molecule has 0 radical (unpaired) electrons. The number of hydrogen-bond acceptors (Lipinski definition) is 4. The van der Waals surface area contributed by atoms with Gasteiger partial charge in [-0.1, -0.05) is 25.1 Å². The lowest BCUT2D eigenvalue weighted by Gasteiger charge is -2.25. The third kappa shape index (κ3) is 4.11. The largest absolute Gasteiger partial charge is 0.348 e. The SMILES string of the molecule is CCC1(c2ccc(F)cc2)NC(=O)N(CC(=O)c2cc(C)n(CCc3cccs3)c2C)C1=O. The zero-order valence-corrected chi connectivity index (χ0v) is 19.7. The maximum Gasteiger partial charge on any atom is 0.325 e. The molecule has 172 valence electrons. The fourth-order valence-corrected chi connectivity index (χ4v) is 5.17. The van der Waals surface area contributed by atoms with E-state index in [9.17, 15) is 18.8 Å². The van der Waals surface area contributed by atoms with Crippen LogP contribution in [0.15, 0.2) is 47.8 Å². The Balaban J connectivity index is 1.53. The van der Waals surface area contributed by atoms with Crippen molar-refractivity contribution in [3.8, 4) is 0 Å². The van der Waals surface area contributed by atoms with Crippen molar-refractivity contribution in [1.29, 1.82) is 0 Å². The van der Waals surface area contributed by atoms with E-state index in [1.54, 1.807) is 18.3 Å². The van der Waals surface area contributed by atoms with E-state index >= 15 is 0 Å². The van der Waals surface area contributed by atoms with Crippen LogP contribution in [0.2, 0.25) is 0 Å². The number of nitrogens with one attached hydrogen (secondary N) is 1. The zero-order chi connectivity index (χ0) is 23.8. The van der Waals surface area contributed by atoms with Crippen molar-refractivity contribution in [1.82, 2.24) is 14.8 Å². The van der Waals surface area contributed by atoms with E-state index in [1.807, 2.05) is 31.4 Å². The van der Waals surface area contributed by atoms with Gasteiger partial charge in [0.15, 0.2) is 5.78 Å². The first-order valence-electron chi connectivity index (χ1n) is 10.9. The number of hydrogen-bond donors (Lipinski definition) is 1. The number of thiophene rings is 1. The van der Waals surface area contributed by atoms with Crippen molar-refractivity contribution in [3.05, 3.63) is 81.1 Å². The maximum absolute atomic E-state index is 13.4. The van der Waals surface area contributed by atoms with E-state index in [0.29, 0.717) is 11.1 Å². The van der Waals surface area contributed by atoms with Crippen LogP contribution < -0.4 is 5.32 Å². The lowest BCUT2D eigenvalue weighted by Crippen LogP contribution is -2.43. The number of amides is 3. The zero-order valence-electron chi connectivity index (χ0n) is 18.9. The number of aromatic nitrogens is 1. The molecule has 1 aromatic carbocycles. The molecule has 0 saturated carbocycles. The average Bonchev–Trinajstić information content (AvgIpc) is 3.47. The second-order valence-electron chi connectivity index (χ2n) is 8.28. The number of nitrogens with zero attached hydrogens (tertiary/aromatic N) is 2. The molecule has 1 atom stereocenters. The summed E-state index contributed by atoms with van der Waals surface area (Å²) in [7, 11) is 0. The minimum absolute atomic E-state index is 0.283. The standard InChI is InChI=1S/C25H26FN3O3S/c1-4-25(18-7-9-19(26)10-8-18)23(31)29(24(32)27-25)15-22(30)21-14-16(2)28(17(21)3)12-11-20-6-5-13-33-20/h5-10,13-14H,4,11-12,15H2,1-3H3,(H,27,32). The first-order valence-corrected chi connectivity index (χ1v) is 11.8. The number of ketones is 1. The number of carbonyl (C=O) groups is 3. The quantitative estimate of drug-likeness (QED) is 0.389. The van der Waals surface area contributed by atoms with Crippen LogP contribution in [0.3, 0.4) is 0 Å². The van der Waals surface area contributed by atoms with Crippen LogP contribution in [0, 0.1) is 19.7 Å². The second kappa shape index (κ2) is 8.94. The normalized spacial score (nSPS) is 18.1. The highest BCUT2D eigenvalue weighted by molar-refractivity contribution is 7.09. The number of benzene rings is 1. The van der Waals surface area contributed by atoms with Gasteiger partial charge in [-0.2, -0.15) is 0 Å². The van der Waals surface area contributed by atoms with Crippen LogP contribution in [0.5, 0.6) is 0 Å². The number of Topliss-reactive ketones (excluding diaryl/α,β-unsaturated/α-hetero) is 1. The summed E-state index contributed by atoms with van der Waals surface area (Å²) in [6.45, 7) is 6.01. The molecule has 1 aliphatic rings. The molecule has 0 bridgehead atoms. The number of imide groups is 1. The van der Waals surface area contributed by atoms with Crippen LogP contribution >= 0.6 is 11.3 Å². The molecular weight excluding hydrogens is 441 g/mol. The van der Waals surface area contributed by atoms with E-state index in [-0.39, 0.29) is 18.7 Å². The summed E-state index contributed by atoms with van der Waals surface area (Å²) < 4.78 is 15.5. The molecule has 1 fully saturated rings. The van der Waals surface area contributed by atoms with Gasteiger partial charge >= 0.3 is 6.03 Å². The van der Waals surface area contributed by atoms with Gasteiger partial charge in [0, 0.05) is 28.4 Å². The summed E-state index contributed by atoms with van der Waals surface area (Å²) in [6.07, 6.45) is 1.15. The van der Waals surface area contributed by atoms with Gasteiger partial charge in [-0.25, -0.2) is 9.18 Å². The molecule has 3 aromatic rings. The lowest BCUT2D eigenvalue weighted by atomic mass is 9.87. The highest BCUT2D eigenvalue weighted by Crippen LogP contribution is 2.33. The summed E-state index contributed by atoms with van der Waals surface area (Å²) in [5.74, 6) is -1.22. The number of rotatable bonds is 8. The van der Waals surface area contributed by atoms with Gasteiger partial charge in [-0.05, 0) is 61.9 Å². The van der Waals surface area contributed by atoms with Gasteiger partial charge < -0.3 is 9.88 Å². The Kier molecular flexibility index (Phi) is 6.21. The number of halogens is 1. The third-order valence-electron chi connectivity index (χ3n) is 6.38. The van der Waals surface area contributed by atoms with E-state index in [2.05, 4.69) is 16.0 Å². The summed E-state index contributed by atoms with van der Waals surface area (Å²) in [6, 6.07) is 10.8. The van der Waals surface area contributed by atoms with Gasteiger partial charge in [0.2, 0.25) is 0 Å². The summed E-state index contributed by atoms with van der Waals surface area (Å²) in [4.78, 5) is 41.4. The van der Waals surface area contributed by atoms with Gasteiger partial charge in [-0.15, -0.1) is 11.3 Å². The third-order valence-corrected chi connectivity index (χ3v) is 7.32. The monoisotopic (exact) mass is 467 g/mol. The molecule has 1 N–H and O–H groups in total. The van der Waals surface area contributed by atoms with Gasteiger partial charge in [0.05, 0.1) is 6.54 Å². The summed E-state index contributed by atoms with van der Waals surface area (Å²) in [5.41, 5.74) is 1.48. The van der Waals surface area contributed by atoms with Crippen molar-refractivity contribution in [3.63, 3.8) is 0 Å². The number of carbonyl (C=O) groups excluding carboxylic acids is 3. The Labute approximate surface area is 196 Å². The van der Waals surface area contributed by atoms with E-state index < -0.39 is 23.3 Å². The van der Waals surface area contributed by atoms with Gasteiger partial charge in [-0.3, -0.25) is 14.5 Å². The van der Waals surface area contributed by atoms with Crippen LogP contribution in [0.1, 0.15) is 45.5 Å². The Morgan fingerprint density at radius 1 is 1.15 bits per heavy atom. The Hall–Kier alpha value is -3.26. The van der Waals surface area contributed by atoms with Crippen LogP contribution in [0.25, 0.3) is 0 Å². The van der Waals surface area contributed by atoms with Crippen LogP contribution in [-0.4, -0.2) is 33.7 Å². The Morgan fingerprint density at radius 3 is 2.52 bits per heavy atom. The van der Waals surface area contributed by atoms with Crippen molar-refractivity contribution in [2.45, 2.75) is 45.7 Å². The first-order chi connectivity index (χ1) is 15.8. The van der Waals surface area contributed by atoms with Crippen LogP contribution in [0.4, 0.5) is 9.18 Å². The molecule has 4 rings (SSSR count). The molecule has 6 nitrogen and oxygen atoms in total. The molecule has 3 amide bonds. The van der Waals surface area contributed by atoms with E-state index in [0.717, 1.165) is 29.3 Å². The van der Waals surface area contributed by atoms with Crippen LogP contribution in [-0.2, 0) is 23.3 Å². The van der Waals surface area contributed by atoms with Crippen molar-refractivity contribution >= 4 is 29.1 Å². The molecule has 1 saturated heterocycles. The predicted octanol–water partition coefficient (Wildman–Crippen LogP) is 4.59. The van der Waals surface area contributed by atoms with Crippen molar-refractivity contribution in [2.75, 3.05) is 6.54 Å². The van der Waals surface area contributed by atoms with Gasteiger partial charge in [0.25, 0.3) is 5.91 Å². The fourth-order valence-electron chi connectivity index (χ4n) is 4.48. The molecule has 0 aliphatic carbocycles. The summed E-state index contributed by atoms with van der Waals surface area (Å²) in [5, 5.41) is 4.78. The molecule has 8 heteroatoms. The van der Waals surface area contributed by atoms with Crippen molar-refractivity contribution < 1.29 is 18.8 Å². The highest BCUT2D eigenvalue weighted by Gasteiger charge is 2.51. The predicted molar refractivity (Wildman–Crippen MR) is 125 cm³/mol. The molecule has 2 aromatic heterocycles. The Bertz CT molecular complexity index is 1200. The molecule has 0 spiro atoms. The minimum atomic E-state index is -1.30.